The van der Waals surface area contributed by atoms with Crippen LogP contribution in [0.5, 0.6) is 0 Å². The molecule has 0 aliphatic carbocycles. The summed E-state index contributed by atoms with van der Waals surface area (Å²) in [7, 11) is 0. The highest BCUT2D eigenvalue weighted by atomic mass is 127. The number of piperidine rings is 1. The van der Waals surface area contributed by atoms with Crippen LogP contribution in [0.2, 0.25) is 0 Å². The van der Waals surface area contributed by atoms with E-state index in [1.165, 1.54) is 0 Å². The molecule has 1 fully saturated rings. The van der Waals surface area contributed by atoms with E-state index in [1.54, 1.807) is 0 Å². The molecule has 0 amide bonds. The molecule has 1 nitrogen and oxygen atoms in total. The number of rotatable bonds is 0. The number of hydrogen-bond acceptors (Lipinski definition) is 1. The summed E-state index contributed by atoms with van der Waals surface area (Å²) >= 11 is 2.23. The average molecular weight is 229 g/mol. The lowest BCUT2D eigenvalue weighted by molar-refractivity contribution is 0.228. The van der Waals surface area contributed by atoms with Gasteiger partial charge in [-0.15, -0.1) is 0 Å². The molecule has 0 aromatic carbocycles. The quantitative estimate of drug-likeness (QED) is 0.452. The molecule has 0 N–H and O–H groups in total. The van der Waals surface area contributed by atoms with Crippen molar-refractivity contribution in [3.05, 3.63) is 0 Å². The minimum Gasteiger partial charge on any atom is -0.247 e. The van der Waals surface area contributed by atoms with E-state index >= 15 is 0 Å². The first-order valence-corrected chi connectivity index (χ1v) is 3.80. The summed E-state index contributed by atoms with van der Waals surface area (Å²) in [5.74, 6) is 0. The third-order valence-corrected chi connectivity index (χ3v) is 2.33. The summed E-state index contributed by atoms with van der Waals surface area (Å²) in [6.45, 7) is 1.84. The van der Waals surface area contributed by atoms with Crippen LogP contribution in [0.25, 0.3) is 0 Å². The van der Waals surface area contributed by atoms with Crippen molar-refractivity contribution in [1.82, 2.24) is 3.11 Å². The molecular weight excluding hydrogens is 220 g/mol. The van der Waals surface area contributed by atoms with Gasteiger partial charge in [-0.1, -0.05) is 0 Å². The predicted molar refractivity (Wildman–Crippen MR) is 39.7 cm³/mol. The molecule has 0 radical (unpaired) electrons. The lowest BCUT2D eigenvalue weighted by Crippen LogP contribution is -2.26. The number of alkyl halides is 1. The predicted octanol–water partition coefficient (Wildman–Crippen LogP) is 1.77. The maximum Gasteiger partial charge on any atom is 0.103 e. The molecule has 1 aliphatic heterocycles. The van der Waals surface area contributed by atoms with Crippen LogP contribution in [-0.4, -0.2) is 22.4 Å². The molecule has 0 spiro atoms. The van der Waals surface area contributed by atoms with Crippen molar-refractivity contribution in [2.45, 2.75) is 19.0 Å². The van der Waals surface area contributed by atoms with Crippen LogP contribution in [-0.2, 0) is 0 Å². The van der Waals surface area contributed by atoms with Gasteiger partial charge < -0.3 is 0 Å². The van der Waals surface area contributed by atoms with Gasteiger partial charge in [0.05, 0.1) is 0 Å². The first-order chi connectivity index (χ1) is 3.79. The van der Waals surface area contributed by atoms with Crippen LogP contribution in [0.3, 0.4) is 0 Å². The van der Waals surface area contributed by atoms with E-state index in [0.717, 1.165) is 25.9 Å². The van der Waals surface area contributed by atoms with Crippen molar-refractivity contribution in [3.8, 4) is 0 Å². The SMILES string of the molecule is FC1CCN(I)CC1. The van der Waals surface area contributed by atoms with Gasteiger partial charge in [-0.25, -0.2) is 7.50 Å². The van der Waals surface area contributed by atoms with Gasteiger partial charge >= 0.3 is 0 Å². The van der Waals surface area contributed by atoms with Crippen molar-refractivity contribution >= 4 is 22.9 Å². The number of halogens is 2. The molecule has 0 saturated carbocycles. The smallest absolute Gasteiger partial charge is 0.103 e. The first kappa shape index (κ1) is 6.74. The van der Waals surface area contributed by atoms with E-state index in [1.807, 2.05) is 0 Å². The van der Waals surface area contributed by atoms with Crippen molar-refractivity contribution in [3.63, 3.8) is 0 Å². The van der Waals surface area contributed by atoms with E-state index in [0.29, 0.717) is 0 Å². The first-order valence-electron chi connectivity index (χ1n) is 2.84. The van der Waals surface area contributed by atoms with Crippen LogP contribution in [0, 0.1) is 0 Å². The molecule has 1 heterocycles. The van der Waals surface area contributed by atoms with Crippen molar-refractivity contribution in [1.29, 1.82) is 0 Å². The monoisotopic (exact) mass is 229 g/mol. The summed E-state index contributed by atoms with van der Waals surface area (Å²) in [5.41, 5.74) is 0. The van der Waals surface area contributed by atoms with E-state index in [2.05, 4.69) is 26.0 Å². The van der Waals surface area contributed by atoms with Crippen LogP contribution in [0.4, 0.5) is 4.39 Å². The Hall–Kier alpha value is 0.620. The zero-order chi connectivity index (χ0) is 5.98. The highest BCUT2D eigenvalue weighted by Gasteiger charge is 2.15. The third-order valence-electron chi connectivity index (χ3n) is 1.37. The average Bonchev–Trinajstić information content (AvgIpc) is 1.77. The molecule has 3 heteroatoms. The lowest BCUT2D eigenvalue weighted by atomic mass is 10.1. The standard InChI is InChI=1S/C5H9FIN/c6-5-1-3-8(7)4-2-5/h5H,1-4H2. The largest absolute Gasteiger partial charge is 0.247 e. The molecule has 0 unspecified atom stereocenters. The van der Waals surface area contributed by atoms with Gasteiger partial charge in [0.25, 0.3) is 0 Å². The third kappa shape index (κ3) is 1.85. The van der Waals surface area contributed by atoms with Gasteiger partial charge in [-0.05, 0) is 12.8 Å². The molecule has 0 bridgehead atoms. The van der Waals surface area contributed by atoms with Crippen molar-refractivity contribution < 1.29 is 4.39 Å². The summed E-state index contributed by atoms with van der Waals surface area (Å²) in [6, 6.07) is 0. The molecule has 1 rings (SSSR count). The molecule has 0 aromatic heterocycles. The fourth-order valence-electron chi connectivity index (χ4n) is 0.816. The van der Waals surface area contributed by atoms with Crippen LogP contribution >= 0.6 is 22.9 Å². The van der Waals surface area contributed by atoms with E-state index in [9.17, 15) is 4.39 Å². The molecule has 1 saturated heterocycles. The Morgan fingerprint density at radius 2 is 1.88 bits per heavy atom. The Bertz CT molecular complexity index is 60.8. The second-order valence-electron chi connectivity index (χ2n) is 2.08. The number of hydrogen-bond donors (Lipinski definition) is 0. The van der Waals surface area contributed by atoms with Crippen LogP contribution in [0.1, 0.15) is 12.8 Å². The van der Waals surface area contributed by atoms with E-state index in [4.69, 9.17) is 0 Å². The minimum absolute atomic E-state index is 0.527. The Morgan fingerprint density at radius 3 is 2.25 bits per heavy atom. The zero-order valence-electron chi connectivity index (χ0n) is 4.61. The van der Waals surface area contributed by atoms with Gasteiger partial charge in [0.2, 0.25) is 0 Å². The fraction of sp³-hybridized carbons (Fsp3) is 1.00. The number of nitrogens with zero attached hydrogens (tertiary/aromatic N) is 1. The second-order valence-corrected chi connectivity index (χ2v) is 3.45. The molecule has 8 heavy (non-hydrogen) atoms. The molecule has 48 valence electrons. The normalized spacial score (nSPS) is 26.2. The van der Waals surface area contributed by atoms with Crippen molar-refractivity contribution in [2.24, 2.45) is 0 Å². The van der Waals surface area contributed by atoms with Gasteiger partial charge in [-0.3, -0.25) is 0 Å². The lowest BCUT2D eigenvalue weighted by Gasteiger charge is -2.21. The van der Waals surface area contributed by atoms with Gasteiger partial charge in [0, 0.05) is 36.0 Å². The van der Waals surface area contributed by atoms with Gasteiger partial charge in [-0.2, -0.15) is 0 Å². The molecule has 1 aliphatic rings. The Kier molecular flexibility index (Phi) is 2.49. The molecule has 0 atom stereocenters. The zero-order valence-corrected chi connectivity index (χ0v) is 6.77. The second kappa shape index (κ2) is 2.96. The van der Waals surface area contributed by atoms with E-state index in [-0.39, 0.29) is 0 Å². The fourth-order valence-corrected chi connectivity index (χ4v) is 1.37. The van der Waals surface area contributed by atoms with Crippen molar-refractivity contribution in [2.75, 3.05) is 13.1 Å². The maximum atomic E-state index is 12.3. The Morgan fingerprint density at radius 1 is 1.38 bits per heavy atom. The molecule has 0 aromatic rings. The van der Waals surface area contributed by atoms with E-state index < -0.39 is 6.17 Å². The molecular formula is C5H9FIN. The Balaban J connectivity index is 2.19. The minimum atomic E-state index is -0.527. The summed E-state index contributed by atoms with van der Waals surface area (Å²) in [4.78, 5) is 0. The highest BCUT2D eigenvalue weighted by molar-refractivity contribution is 14.1. The highest BCUT2D eigenvalue weighted by Crippen LogP contribution is 2.15. The summed E-state index contributed by atoms with van der Waals surface area (Å²) in [5, 5.41) is 0. The van der Waals surface area contributed by atoms with Gasteiger partial charge in [0.15, 0.2) is 0 Å². The van der Waals surface area contributed by atoms with Gasteiger partial charge in [0.1, 0.15) is 6.17 Å². The summed E-state index contributed by atoms with van der Waals surface area (Å²) in [6.07, 6.45) is 0.923. The Labute approximate surface area is 62.7 Å². The van der Waals surface area contributed by atoms with Crippen LogP contribution < -0.4 is 0 Å². The topological polar surface area (TPSA) is 3.24 Å². The summed E-state index contributed by atoms with van der Waals surface area (Å²) < 4.78 is 14.5. The van der Waals surface area contributed by atoms with Crippen LogP contribution in [0.15, 0.2) is 0 Å². The maximum absolute atomic E-state index is 12.3.